The van der Waals surface area contributed by atoms with Gasteiger partial charge >= 0.3 is 6.09 Å². The summed E-state index contributed by atoms with van der Waals surface area (Å²) in [4.78, 5) is 11.0. The van der Waals surface area contributed by atoms with Crippen LogP contribution in [0.2, 0.25) is 0 Å². The number of aryl methyl sites for hydroxylation is 1. The van der Waals surface area contributed by atoms with Crippen LogP contribution in [0.25, 0.3) is 0 Å². The van der Waals surface area contributed by atoms with E-state index in [1.807, 2.05) is 43.7 Å². The van der Waals surface area contributed by atoms with Gasteiger partial charge in [-0.05, 0) is 24.3 Å². The van der Waals surface area contributed by atoms with E-state index in [9.17, 15) is 4.79 Å². The highest BCUT2D eigenvalue weighted by molar-refractivity contribution is 5.84. The second kappa shape index (κ2) is 5.90. The molecule has 100 valence electrons. The minimum atomic E-state index is -0.476. The second-order valence-corrected chi connectivity index (χ2v) is 4.07. The molecule has 6 heteroatoms. The van der Waals surface area contributed by atoms with Crippen molar-refractivity contribution in [2.75, 3.05) is 17.7 Å². The highest BCUT2D eigenvalue weighted by atomic mass is 16.5. The minimum absolute atomic E-state index is 0.476. The lowest BCUT2D eigenvalue weighted by Crippen LogP contribution is -2.10. The fraction of sp³-hybridized carbons (Fsp3) is 0.231. The van der Waals surface area contributed by atoms with Crippen LogP contribution in [-0.4, -0.2) is 23.0 Å². The zero-order chi connectivity index (χ0) is 13.7. The standard InChI is InChI=1S/C13H16N4O2/c1-17-9-10(8-15-17)7-14-11-3-5-12(6-4-11)16-13(18)19-2/h3-6,8-9,14H,7H2,1-2H3,(H,16,18). The summed E-state index contributed by atoms with van der Waals surface area (Å²) >= 11 is 0. The molecule has 0 unspecified atom stereocenters. The van der Waals surface area contributed by atoms with E-state index in [4.69, 9.17) is 0 Å². The summed E-state index contributed by atoms with van der Waals surface area (Å²) in [5.74, 6) is 0. The largest absolute Gasteiger partial charge is 0.453 e. The molecule has 1 heterocycles. The van der Waals surface area contributed by atoms with Crippen molar-refractivity contribution in [1.82, 2.24) is 9.78 Å². The van der Waals surface area contributed by atoms with Gasteiger partial charge in [-0.15, -0.1) is 0 Å². The lowest BCUT2D eigenvalue weighted by molar-refractivity contribution is 0.187. The first-order chi connectivity index (χ1) is 9.17. The molecule has 1 aromatic heterocycles. The van der Waals surface area contributed by atoms with E-state index in [-0.39, 0.29) is 0 Å². The molecule has 2 N–H and O–H groups in total. The third-order valence-electron chi connectivity index (χ3n) is 2.57. The summed E-state index contributed by atoms with van der Waals surface area (Å²) in [6.45, 7) is 0.706. The Hall–Kier alpha value is -2.50. The molecule has 0 aliphatic carbocycles. The first kappa shape index (κ1) is 12.9. The number of carbonyl (C=O) groups is 1. The molecule has 1 aromatic carbocycles. The van der Waals surface area contributed by atoms with Crippen molar-refractivity contribution in [3.63, 3.8) is 0 Å². The van der Waals surface area contributed by atoms with Crippen LogP contribution in [0.5, 0.6) is 0 Å². The number of carbonyl (C=O) groups excluding carboxylic acids is 1. The first-order valence-corrected chi connectivity index (χ1v) is 5.84. The molecule has 0 bridgehead atoms. The average molecular weight is 260 g/mol. The van der Waals surface area contributed by atoms with Crippen LogP contribution in [0, 0.1) is 0 Å². The fourth-order valence-electron chi connectivity index (χ4n) is 1.61. The van der Waals surface area contributed by atoms with Gasteiger partial charge in [0.1, 0.15) is 0 Å². The molecule has 19 heavy (non-hydrogen) atoms. The third kappa shape index (κ3) is 3.74. The normalized spacial score (nSPS) is 10.0. The van der Waals surface area contributed by atoms with Gasteiger partial charge in [-0.2, -0.15) is 5.10 Å². The van der Waals surface area contributed by atoms with E-state index in [2.05, 4.69) is 20.5 Å². The Balaban J connectivity index is 1.89. The molecule has 0 saturated heterocycles. The molecular weight excluding hydrogens is 244 g/mol. The van der Waals surface area contributed by atoms with Crippen molar-refractivity contribution in [1.29, 1.82) is 0 Å². The average Bonchev–Trinajstić information content (AvgIpc) is 2.83. The van der Waals surface area contributed by atoms with Crippen LogP contribution < -0.4 is 10.6 Å². The summed E-state index contributed by atoms with van der Waals surface area (Å²) in [6.07, 6.45) is 3.30. The van der Waals surface area contributed by atoms with Crippen molar-refractivity contribution in [3.05, 3.63) is 42.2 Å². The zero-order valence-electron chi connectivity index (χ0n) is 10.9. The second-order valence-electron chi connectivity index (χ2n) is 4.07. The number of methoxy groups -OCH3 is 1. The lowest BCUT2D eigenvalue weighted by atomic mass is 10.2. The Morgan fingerprint density at radius 2 is 2.00 bits per heavy atom. The quantitative estimate of drug-likeness (QED) is 0.884. The minimum Gasteiger partial charge on any atom is -0.453 e. The fourth-order valence-corrected chi connectivity index (χ4v) is 1.61. The van der Waals surface area contributed by atoms with E-state index < -0.39 is 6.09 Å². The maximum atomic E-state index is 11.0. The van der Waals surface area contributed by atoms with Gasteiger partial charge in [0.15, 0.2) is 0 Å². The zero-order valence-corrected chi connectivity index (χ0v) is 10.9. The van der Waals surface area contributed by atoms with Crippen molar-refractivity contribution in [2.24, 2.45) is 7.05 Å². The number of hydrogen-bond donors (Lipinski definition) is 2. The van der Waals surface area contributed by atoms with E-state index in [0.29, 0.717) is 12.2 Å². The van der Waals surface area contributed by atoms with Gasteiger partial charge in [0.25, 0.3) is 0 Å². The van der Waals surface area contributed by atoms with E-state index >= 15 is 0 Å². The molecular formula is C13H16N4O2. The van der Waals surface area contributed by atoms with E-state index in [0.717, 1.165) is 11.3 Å². The van der Waals surface area contributed by atoms with Gasteiger partial charge in [-0.3, -0.25) is 10.00 Å². The maximum Gasteiger partial charge on any atom is 0.411 e. The smallest absolute Gasteiger partial charge is 0.411 e. The van der Waals surface area contributed by atoms with Crippen molar-refractivity contribution in [3.8, 4) is 0 Å². The van der Waals surface area contributed by atoms with Crippen molar-refractivity contribution < 1.29 is 9.53 Å². The van der Waals surface area contributed by atoms with Gasteiger partial charge in [0.2, 0.25) is 0 Å². The Bertz CT molecular complexity index is 548. The van der Waals surface area contributed by atoms with Crippen molar-refractivity contribution in [2.45, 2.75) is 6.54 Å². The monoisotopic (exact) mass is 260 g/mol. The molecule has 1 amide bonds. The molecule has 0 aliphatic rings. The van der Waals surface area contributed by atoms with Gasteiger partial charge in [0.05, 0.1) is 13.3 Å². The van der Waals surface area contributed by atoms with E-state index in [1.54, 1.807) is 4.68 Å². The number of nitrogens with zero attached hydrogens (tertiary/aromatic N) is 2. The predicted octanol–water partition coefficient (Wildman–Crippen LogP) is 2.21. The summed E-state index contributed by atoms with van der Waals surface area (Å²) in [7, 11) is 3.22. The van der Waals surface area contributed by atoms with Crippen LogP contribution in [0.3, 0.4) is 0 Å². The number of rotatable bonds is 4. The molecule has 6 nitrogen and oxygen atoms in total. The molecule has 2 rings (SSSR count). The van der Waals surface area contributed by atoms with Gasteiger partial charge < -0.3 is 10.1 Å². The molecule has 2 aromatic rings. The highest BCUT2D eigenvalue weighted by Gasteiger charge is 2.00. The number of aromatic nitrogens is 2. The van der Waals surface area contributed by atoms with Crippen LogP contribution in [0.4, 0.5) is 16.2 Å². The summed E-state index contributed by atoms with van der Waals surface area (Å²) in [5.41, 5.74) is 2.78. The topological polar surface area (TPSA) is 68.2 Å². The summed E-state index contributed by atoms with van der Waals surface area (Å²) in [5, 5.41) is 9.97. The Labute approximate surface area is 111 Å². The number of anilines is 2. The third-order valence-corrected chi connectivity index (χ3v) is 2.57. The highest BCUT2D eigenvalue weighted by Crippen LogP contribution is 2.14. The number of amides is 1. The molecule has 0 aliphatic heterocycles. The van der Waals surface area contributed by atoms with Gasteiger partial charge in [-0.25, -0.2) is 4.79 Å². The lowest BCUT2D eigenvalue weighted by Gasteiger charge is -2.07. The SMILES string of the molecule is COC(=O)Nc1ccc(NCc2cnn(C)c2)cc1. The maximum absolute atomic E-state index is 11.0. The summed E-state index contributed by atoms with van der Waals surface area (Å²) < 4.78 is 6.28. The number of benzene rings is 1. The van der Waals surface area contributed by atoms with E-state index in [1.165, 1.54) is 7.11 Å². The molecule has 0 saturated carbocycles. The first-order valence-electron chi connectivity index (χ1n) is 5.84. The van der Waals surface area contributed by atoms with Gasteiger partial charge in [0, 0.05) is 36.7 Å². The number of hydrogen-bond acceptors (Lipinski definition) is 4. The number of ether oxygens (including phenoxy) is 1. The molecule has 0 fully saturated rings. The molecule has 0 radical (unpaired) electrons. The molecule has 0 spiro atoms. The van der Waals surface area contributed by atoms with Crippen LogP contribution in [-0.2, 0) is 18.3 Å². The van der Waals surface area contributed by atoms with Gasteiger partial charge in [-0.1, -0.05) is 0 Å². The number of nitrogens with one attached hydrogen (secondary N) is 2. The van der Waals surface area contributed by atoms with Crippen LogP contribution in [0.15, 0.2) is 36.7 Å². The molecule has 0 atom stereocenters. The summed E-state index contributed by atoms with van der Waals surface area (Å²) in [6, 6.07) is 7.40. The van der Waals surface area contributed by atoms with Crippen LogP contribution >= 0.6 is 0 Å². The van der Waals surface area contributed by atoms with Crippen molar-refractivity contribution >= 4 is 17.5 Å². The Morgan fingerprint density at radius 3 is 2.58 bits per heavy atom. The van der Waals surface area contributed by atoms with Crippen LogP contribution in [0.1, 0.15) is 5.56 Å². The Morgan fingerprint density at radius 1 is 1.32 bits per heavy atom. The predicted molar refractivity (Wildman–Crippen MR) is 73.0 cm³/mol. The Kier molecular flexibility index (Phi) is 4.02.